The highest BCUT2D eigenvalue weighted by molar-refractivity contribution is 6.04. The van der Waals surface area contributed by atoms with E-state index in [1.165, 1.54) is 5.56 Å². The zero-order valence-electron chi connectivity index (χ0n) is 16.3. The lowest BCUT2D eigenvalue weighted by Crippen LogP contribution is -2.11. The number of fused-ring (bicyclic) bond motifs is 1. The summed E-state index contributed by atoms with van der Waals surface area (Å²) < 4.78 is 0. The number of nitrogens with one attached hydrogen (secondary N) is 1. The highest BCUT2D eigenvalue weighted by Crippen LogP contribution is 2.23. The maximum absolute atomic E-state index is 11.7. The predicted octanol–water partition coefficient (Wildman–Crippen LogP) is 2.24. The van der Waals surface area contributed by atoms with Gasteiger partial charge in [-0.1, -0.05) is 43.3 Å². The molecule has 0 unspecified atom stereocenters. The molecule has 29 heavy (non-hydrogen) atoms. The summed E-state index contributed by atoms with van der Waals surface area (Å²) in [5, 5.41) is 20.6. The summed E-state index contributed by atoms with van der Waals surface area (Å²) in [5.41, 5.74) is 10.0. The molecule has 4 rings (SSSR count). The molecule has 1 amide bonds. The predicted molar refractivity (Wildman–Crippen MR) is 109 cm³/mol. The molecular formula is C21H23N7O. The van der Waals surface area contributed by atoms with Crippen LogP contribution in [0.15, 0.2) is 42.5 Å². The second-order valence-corrected chi connectivity index (χ2v) is 7.00. The van der Waals surface area contributed by atoms with Crippen LogP contribution in [0.5, 0.6) is 0 Å². The van der Waals surface area contributed by atoms with Gasteiger partial charge in [0.15, 0.2) is 5.82 Å². The second-order valence-electron chi connectivity index (χ2n) is 7.00. The van der Waals surface area contributed by atoms with Crippen molar-refractivity contribution in [1.29, 1.82) is 0 Å². The van der Waals surface area contributed by atoms with E-state index in [9.17, 15) is 4.79 Å². The van der Waals surface area contributed by atoms with Crippen LogP contribution in [0.3, 0.4) is 0 Å². The van der Waals surface area contributed by atoms with E-state index in [4.69, 9.17) is 5.73 Å². The van der Waals surface area contributed by atoms with Crippen molar-refractivity contribution in [2.24, 2.45) is 5.73 Å². The summed E-state index contributed by atoms with van der Waals surface area (Å²) in [6, 6.07) is 14.3. The Morgan fingerprint density at radius 1 is 1.10 bits per heavy atom. The molecule has 4 aromatic rings. The van der Waals surface area contributed by atoms with Crippen LogP contribution in [0, 0.1) is 0 Å². The van der Waals surface area contributed by atoms with Gasteiger partial charge in [0.2, 0.25) is 0 Å². The maximum atomic E-state index is 11.7. The SMILES string of the molecule is CCc1cc(CCc2nnn(CCc3ccccc3)n2)cc2c(C(N)=O)[nH]nc12. The smallest absolute Gasteiger partial charge is 0.267 e. The van der Waals surface area contributed by atoms with Crippen LogP contribution >= 0.6 is 0 Å². The van der Waals surface area contributed by atoms with Crippen LogP contribution in [0.25, 0.3) is 10.9 Å². The molecule has 3 N–H and O–H groups in total. The number of nitrogens with zero attached hydrogens (tertiary/aromatic N) is 5. The average Bonchev–Trinajstić information content (AvgIpc) is 3.37. The molecule has 2 aromatic heterocycles. The number of rotatable bonds is 8. The van der Waals surface area contributed by atoms with Crippen LogP contribution < -0.4 is 5.73 Å². The normalized spacial score (nSPS) is 11.2. The summed E-state index contributed by atoms with van der Waals surface area (Å²) in [5.74, 6) is 0.202. The van der Waals surface area contributed by atoms with Gasteiger partial charge in [-0.05, 0) is 47.2 Å². The fraction of sp³-hybridized carbons (Fsp3) is 0.286. The number of carbonyl (C=O) groups is 1. The molecule has 148 valence electrons. The van der Waals surface area contributed by atoms with E-state index in [-0.39, 0.29) is 0 Å². The number of primary amides is 1. The molecule has 0 atom stereocenters. The molecular weight excluding hydrogens is 366 g/mol. The number of nitrogens with two attached hydrogens (primary N) is 1. The number of aromatic nitrogens is 6. The summed E-state index contributed by atoms with van der Waals surface area (Å²) in [6.07, 6.45) is 3.10. The molecule has 8 heteroatoms. The van der Waals surface area contributed by atoms with E-state index in [0.717, 1.165) is 41.3 Å². The van der Waals surface area contributed by atoms with Gasteiger partial charge in [0, 0.05) is 11.8 Å². The van der Waals surface area contributed by atoms with Crippen molar-refractivity contribution in [3.05, 3.63) is 70.7 Å². The Morgan fingerprint density at radius 2 is 1.93 bits per heavy atom. The highest BCUT2D eigenvalue weighted by atomic mass is 16.1. The van der Waals surface area contributed by atoms with Crippen LogP contribution in [-0.4, -0.2) is 36.3 Å². The van der Waals surface area contributed by atoms with Gasteiger partial charge in [0.25, 0.3) is 5.91 Å². The lowest BCUT2D eigenvalue weighted by atomic mass is 10.00. The second kappa shape index (κ2) is 8.22. The minimum absolute atomic E-state index is 0.349. The maximum Gasteiger partial charge on any atom is 0.267 e. The van der Waals surface area contributed by atoms with Crippen molar-refractivity contribution in [2.75, 3.05) is 0 Å². The molecule has 0 aliphatic carbocycles. The first kappa shape index (κ1) is 18.8. The Morgan fingerprint density at radius 3 is 2.69 bits per heavy atom. The van der Waals surface area contributed by atoms with Crippen molar-refractivity contribution in [3.8, 4) is 0 Å². The number of benzene rings is 2. The number of hydrogen-bond acceptors (Lipinski definition) is 5. The first-order valence-corrected chi connectivity index (χ1v) is 9.74. The van der Waals surface area contributed by atoms with Gasteiger partial charge in [0.05, 0.1) is 12.1 Å². The number of aryl methyl sites for hydroxylation is 5. The van der Waals surface area contributed by atoms with Gasteiger partial charge in [0.1, 0.15) is 5.69 Å². The molecule has 0 fully saturated rings. The number of H-pyrrole nitrogens is 1. The Hall–Kier alpha value is -3.55. The lowest BCUT2D eigenvalue weighted by molar-refractivity contribution is 0.0997. The number of amides is 1. The van der Waals surface area contributed by atoms with E-state index in [2.05, 4.69) is 50.7 Å². The third-order valence-corrected chi connectivity index (χ3v) is 5.00. The highest BCUT2D eigenvalue weighted by Gasteiger charge is 2.14. The fourth-order valence-corrected chi connectivity index (χ4v) is 3.46. The van der Waals surface area contributed by atoms with Crippen molar-refractivity contribution >= 4 is 16.8 Å². The van der Waals surface area contributed by atoms with Gasteiger partial charge in [-0.2, -0.15) is 9.90 Å². The molecule has 0 spiro atoms. The van der Waals surface area contributed by atoms with Crippen LogP contribution in [-0.2, 0) is 32.2 Å². The van der Waals surface area contributed by atoms with Gasteiger partial charge in [-0.25, -0.2) is 0 Å². The van der Waals surface area contributed by atoms with Gasteiger partial charge in [-0.3, -0.25) is 9.89 Å². The van der Waals surface area contributed by atoms with Gasteiger partial charge >= 0.3 is 0 Å². The molecule has 0 aliphatic heterocycles. The van der Waals surface area contributed by atoms with Crippen LogP contribution in [0.1, 0.15) is 39.9 Å². The Balaban J connectivity index is 1.45. The third kappa shape index (κ3) is 4.16. The Kier molecular flexibility index (Phi) is 5.33. The van der Waals surface area contributed by atoms with Crippen molar-refractivity contribution in [2.45, 2.75) is 39.2 Å². The molecule has 8 nitrogen and oxygen atoms in total. The molecule has 2 heterocycles. The standard InChI is InChI=1S/C21H23N7O/c1-2-16-12-15(13-17-19(16)24-25-20(17)21(22)29)8-9-18-23-27-28(26-18)11-10-14-6-4-3-5-7-14/h3-7,12-13H,2,8-11H2,1H3,(H2,22,29)(H,24,25). The Labute approximate surface area is 168 Å². The molecule has 0 bridgehead atoms. The zero-order chi connectivity index (χ0) is 20.2. The zero-order valence-corrected chi connectivity index (χ0v) is 16.3. The average molecular weight is 389 g/mol. The number of hydrogen-bond donors (Lipinski definition) is 2. The van der Waals surface area contributed by atoms with E-state index < -0.39 is 5.91 Å². The number of aromatic amines is 1. The largest absolute Gasteiger partial charge is 0.364 e. The number of carbonyl (C=O) groups excluding carboxylic acids is 1. The van der Waals surface area contributed by atoms with Crippen LogP contribution in [0.4, 0.5) is 0 Å². The summed E-state index contributed by atoms with van der Waals surface area (Å²) >= 11 is 0. The van der Waals surface area contributed by atoms with E-state index in [0.29, 0.717) is 24.5 Å². The molecule has 0 aliphatic rings. The van der Waals surface area contributed by atoms with Gasteiger partial charge < -0.3 is 5.73 Å². The fourth-order valence-electron chi connectivity index (χ4n) is 3.46. The molecule has 0 radical (unpaired) electrons. The molecule has 2 aromatic carbocycles. The first-order chi connectivity index (χ1) is 14.1. The van der Waals surface area contributed by atoms with E-state index in [1.54, 1.807) is 4.80 Å². The summed E-state index contributed by atoms with van der Waals surface area (Å²) in [6.45, 7) is 2.76. The molecule has 0 saturated heterocycles. The lowest BCUT2D eigenvalue weighted by Gasteiger charge is -2.05. The van der Waals surface area contributed by atoms with Crippen molar-refractivity contribution in [3.63, 3.8) is 0 Å². The summed E-state index contributed by atoms with van der Waals surface area (Å²) in [7, 11) is 0. The minimum Gasteiger partial charge on any atom is -0.364 e. The van der Waals surface area contributed by atoms with Gasteiger partial charge in [-0.15, -0.1) is 10.2 Å². The van der Waals surface area contributed by atoms with E-state index >= 15 is 0 Å². The Bertz CT molecular complexity index is 1130. The quantitative estimate of drug-likeness (QED) is 0.479. The first-order valence-electron chi connectivity index (χ1n) is 9.74. The van der Waals surface area contributed by atoms with Crippen molar-refractivity contribution < 1.29 is 4.79 Å². The monoisotopic (exact) mass is 389 g/mol. The van der Waals surface area contributed by atoms with Crippen molar-refractivity contribution in [1.82, 2.24) is 30.4 Å². The van der Waals surface area contributed by atoms with Crippen LogP contribution in [0.2, 0.25) is 0 Å². The number of tetrazole rings is 1. The minimum atomic E-state index is -0.505. The van der Waals surface area contributed by atoms with E-state index in [1.807, 2.05) is 24.3 Å². The topological polar surface area (TPSA) is 115 Å². The molecule has 0 saturated carbocycles. The summed E-state index contributed by atoms with van der Waals surface area (Å²) in [4.78, 5) is 13.3. The third-order valence-electron chi connectivity index (χ3n) is 5.00.